The van der Waals surface area contributed by atoms with E-state index in [0.29, 0.717) is 0 Å². The van der Waals surface area contributed by atoms with Crippen molar-refractivity contribution in [3.8, 4) is 0 Å². The van der Waals surface area contributed by atoms with Crippen molar-refractivity contribution in [2.45, 2.75) is 57.7 Å². The number of nitrogens with two attached hydrogens (primary N) is 1. The maximum Gasteiger partial charge on any atom is 0.250 e. The van der Waals surface area contributed by atoms with Crippen LogP contribution >= 0.6 is 0 Å². The molecule has 2 atom stereocenters. The lowest BCUT2D eigenvalue weighted by molar-refractivity contribution is -0.131. The normalized spacial score (nSPS) is 21.7. The monoisotopic (exact) mass is 214 g/mol. The van der Waals surface area contributed by atoms with Gasteiger partial charge in [-0.1, -0.05) is 26.7 Å². The van der Waals surface area contributed by atoms with Crippen molar-refractivity contribution < 1.29 is 9.90 Å². The molecule has 1 amide bonds. The van der Waals surface area contributed by atoms with Crippen molar-refractivity contribution in [2.24, 2.45) is 11.7 Å². The Morgan fingerprint density at radius 3 is 2.40 bits per heavy atom. The number of aliphatic hydroxyl groups is 1. The van der Waals surface area contributed by atoms with Crippen LogP contribution < -0.4 is 11.1 Å². The molecule has 0 aromatic rings. The van der Waals surface area contributed by atoms with E-state index in [0.717, 1.165) is 25.7 Å². The summed E-state index contributed by atoms with van der Waals surface area (Å²) in [5.41, 5.74) is 5.72. The van der Waals surface area contributed by atoms with Crippen molar-refractivity contribution in [3.05, 3.63) is 0 Å². The summed E-state index contributed by atoms with van der Waals surface area (Å²) in [5.74, 6) is -0.211. The molecular formula is C11H22N2O2. The van der Waals surface area contributed by atoms with Gasteiger partial charge < -0.3 is 16.2 Å². The highest BCUT2D eigenvalue weighted by molar-refractivity contribution is 5.81. The lowest BCUT2D eigenvalue weighted by Crippen LogP contribution is -2.50. The molecule has 0 aromatic carbocycles. The van der Waals surface area contributed by atoms with Crippen molar-refractivity contribution in [1.29, 1.82) is 0 Å². The van der Waals surface area contributed by atoms with Gasteiger partial charge in [0.1, 0.15) is 6.10 Å². The Morgan fingerprint density at radius 1 is 1.40 bits per heavy atom. The summed E-state index contributed by atoms with van der Waals surface area (Å²) in [6.45, 7) is 3.80. The molecule has 0 saturated heterocycles. The second-order valence-electron chi connectivity index (χ2n) is 4.76. The molecule has 1 rings (SSSR count). The topological polar surface area (TPSA) is 75.3 Å². The van der Waals surface area contributed by atoms with E-state index in [1.807, 2.05) is 13.8 Å². The van der Waals surface area contributed by atoms with Crippen LogP contribution in [-0.2, 0) is 4.79 Å². The summed E-state index contributed by atoms with van der Waals surface area (Å²) in [7, 11) is 0. The lowest BCUT2D eigenvalue weighted by Gasteiger charge is -2.23. The summed E-state index contributed by atoms with van der Waals surface area (Å²) in [4.78, 5) is 11.6. The molecule has 0 bridgehead atoms. The third-order valence-electron chi connectivity index (χ3n) is 3.10. The van der Waals surface area contributed by atoms with E-state index in [4.69, 9.17) is 5.73 Å². The molecule has 4 heteroatoms. The maximum atomic E-state index is 11.6. The van der Waals surface area contributed by atoms with E-state index < -0.39 is 12.1 Å². The number of amides is 1. The average molecular weight is 214 g/mol. The quantitative estimate of drug-likeness (QED) is 0.633. The zero-order valence-electron chi connectivity index (χ0n) is 9.57. The zero-order valence-corrected chi connectivity index (χ0v) is 9.57. The zero-order chi connectivity index (χ0) is 11.4. The Balaban J connectivity index is 2.38. The molecule has 0 spiro atoms. The summed E-state index contributed by atoms with van der Waals surface area (Å²) < 4.78 is 0. The van der Waals surface area contributed by atoms with Gasteiger partial charge in [0.15, 0.2) is 0 Å². The molecule has 0 heterocycles. The number of carbonyl (C=O) groups excluding carboxylic acids is 1. The molecule has 0 aliphatic heterocycles. The van der Waals surface area contributed by atoms with Crippen molar-refractivity contribution >= 4 is 5.91 Å². The van der Waals surface area contributed by atoms with Crippen molar-refractivity contribution in [3.63, 3.8) is 0 Å². The average Bonchev–Trinajstić information content (AvgIpc) is 2.67. The molecule has 15 heavy (non-hydrogen) atoms. The van der Waals surface area contributed by atoms with Crippen LogP contribution in [0.25, 0.3) is 0 Å². The Bertz CT molecular complexity index is 213. The highest BCUT2D eigenvalue weighted by atomic mass is 16.3. The molecule has 1 fully saturated rings. The number of aliphatic hydroxyl groups excluding tert-OH is 1. The van der Waals surface area contributed by atoms with E-state index in [1.165, 1.54) is 0 Å². The second kappa shape index (κ2) is 5.47. The van der Waals surface area contributed by atoms with E-state index in [2.05, 4.69) is 5.32 Å². The SMILES string of the molecule is CC(C)[C@H](N)C(O)C(=O)NC1CCCC1. The van der Waals surface area contributed by atoms with E-state index in [9.17, 15) is 9.90 Å². The van der Waals surface area contributed by atoms with Crippen LogP contribution in [0.3, 0.4) is 0 Å². The van der Waals surface area contributed by atoms with Gasteiger partial charge in [-0.05, 0) is 18.8 Å². The first kappa shape index (κ1) is 12.5. The molecule has 88 valence electrons. The Kier molecular flexibility index (Phi) is 4.54. The first-order valence-corrected chi connectivity index (χ1v) is 5.76. The molecule has 0 aromatic heterocycles. The molecule has 1 saturated carbocycles. The Labute approximate surface area is 91.2 Å². The molecule has 4 nitrogen and oxygen atoms in total. The van der Waals surface area contributed by atoms with Gasteiger partial charge in [-0.2, -0.15) is 0 Å². The maximum absolute atomic E-state index is 11.6. The van der Waals surface area contributed by atoms with Crippen LogP contribution in [0.5, 0.6) is 0 Å². The molecule has 4 N–H and O–H groups in total. The van der Waals surface area contributed by atoms with Crippen LogP contribution in [0.4, 0.5) is 0 Å². The smallest absolute Gasteiger partial charge is 0.250 e. The summed E-state index contributed by atoms with van der Waals surface area (Å²) >= 11 is 0. The van der Waals surface area contributed by atoms with Gasteiger partial charge in [-0.15, -0.1) is 0 Å². The fraction of sp³-hybridized carbons (Fsp3) is 0.909. The second-order valence-corrected chi connectivity index (χ2v) is 4.76. The predicted molar refractivity (Wildman–Crippen MR) is 59.2 cm³/mol. The Morgan fingerprint density at radius 2 is 1.93 bits per heavy atom. The highest BCUT2D eigenvalue weighted by Gasteiger charge is 2.27. The fourth-order valence-corrected chi connectivity index (χ4v) is 1.90. The first-order valence-electron chi connectivity index (χ1n) is 5.76. The van der Waals surface area contributed by atoms with Crippen LogP contribution in [0, 0.1) is 5.92 Å². The number of hydrogen-bond donors (Lipinski definition) is 3. The third-order valence-corrected chi connectivity index (χ3v) is 3.10. The number of carbonyl (C=O) groups is 1. The van der Waals surface area contributed by atoms with Gasteiger partial charge >= 0.3 is 0 Å². The van der Waals surface area contributed by atoms with E-state index in [-0.39, 0.29) is 17.9 Å². The number of hydrogen-bond acceptors (Lipinski definition) is 3. The van der Waals surface area contributed by atoms with Gasteiger partial charge in [-0.3, -0.25) is 4.79 Å². The number of nitrogens with one attached hydrogen (secondary N) is 1. The molecule has 0 radical (unpaired) electrons. The van der Waals surface area contributed by atoms with Gasteiger partial charge in [-0.25, -0.2) is 0 Å². The minimum atomic E-state index is -1.08. The largest absolute Gasteiger partial charge is 0.382 e. The van der Waals surface area contributed by atoms with Gasteiger partial charge in [0.05, 0.1) is 0 Å². The van der Waals surface area contributed by atoms with Gasteiger partial charge in [0, 0.05) is 12.1 Å². The van der Waals surface area contributed by atoms with Crippen LogP contribution in [-0.4, -0.2) is 29.2 Å². The lowest BCUT2D eigenvalue weighted by atomic mass is 9.99. The molecular weight excluding hydrogens is 192 g/mol. The molecule has 1 aliphatic rings. The van der Waals surface area contributed by atoms with E-state index in [1.54, 1.807) is 0 Å². The number of rotatable bonds is 4. The minimum absolute atomic E-state index is 0.106. The minimum Gasteiger partial charge on any atom is -0.382 e. The predicted octanol–water partition coefficient (Wildman–Crippen LogP) is 0.389. The standard InChI is InChI=1S/C11H22N2O2/c1-7(2)9(12)10(14)11(15)13-8-5-3-4-6-8/h7-10,14H,3-6,12H2,1-2H3,(H,13,15)/t9-,10?/m0/s1. The molecule has 1 aliphatic carbocycles. The van der Waals surface area contributed by atoms with Crippen LogP contribution in [0.2, 0.25) is 0 Å². The highest BCUT2D eigenvalue weighted by Crippen LogP contribution is 2.18. The summed E-state index contributed by atoms with van der Waals surface area (Å²) in [6, 6.07) is -0.238. The van der Waals surface area contributed by atoms with Gasteiger partial charge in [0.2, 0.25) is 0 Å². The van der Waals surface area contributed by atoms with Gasteiger partial charge in [0.25, 0.3) is 5.91 Å². The van der Waals surface area contributed by atoms with Crippen molar-refractivity contribution in [2.75, 3.05) is 0 Å². The van der Waals surface area contributed by atoms with Crippen LogP contribution in [0.15, 0.2) is 0 Å². The fourth-order valence-electron chi connectivity index (χ4n) is 1.90. The first-order chi connectivity index (χ1) is 7.02. The molecule has 1 unspecified atom stereocenters. The summed E-state index contributed by atoms with van der Waals surface area (Å²) in [6.07, 6.45) is 3.30. The van der Waals surface area contributed by atoms with Crippen LogP contribution in [0.1, 0.15) is 39.5 Å². The Hall–Kier alpha value is -0.610. The summed E-state index contributed by atoms with van der Waals surface area (Å²) in [5, 5.41) is 12.5. The van der Waals surface area contributed by atoms with E-state index >= 15 is 0 Å². The van der Waals surface area contributed by atoms with Crippen molar-refractivity contribution in [1.82, 2.24) is 5.32 Å². The third kappa shape index (κ3) is 3.47.